The minimum Gasteiger partial charge on any atom is -0.263 e. The first-order valence-corrected chi connectivity index (χ1v) is 9.81. The maximum absolute atomic E-state index is 12.9. The summed E-state index contributed by atoms with van der Waals surface area (Å²) in [4.78, 5) is 8.30. The molecule has 0 radical (unpaired) electrons. The Morgan fingerprint density at radius 2 is 1.58 bits per heavy atom. The quantitative estimate of drug-likeness (QED) is 0.668. The zero-order chi connectivity index (χ0) is 18.9. The van der Waals surface area contributed by atoms with E-state index in [0.717, 1.165) is 16.7 Å². The summed E-state index contributed by atoms with van der Waals surface area (Å²) in [6, 6.07) is 12.7. The number of benzene rings is 2. The van der Waals surface area contributed by atoms with Crippen LogP contribution in [0.25, 0.3) is 11.1 Å². The number of halogens is 1. The fraction of sp³-hybridized carbons (Fsp3) is 0.158. The predicted molar refractivity (Wildman–Crippen MR) is 104 cm³/mol. The minimum atomic E-state index is -3.82. The zero-order valence-corrected chi connectivity index (χ0v) is 16.2. The number of sulfonamides is 1. The van der Waals surface area contributed by atoms with Crippen molar-refractivity contribution in [3.63, 3.8) is 0 Å². The van der Waals surface area contributed by atoms with E-state index >= 15 is 0 Å². The first-order valence-electron chi connectivity index (χ1n) is 7.95. The molecule has 0 atom stereocenters. The molecular weight excluding hydrogens is 370 g/mol. The maximum atomic E-state index is 12.9. The van der Waals surface area contributed by atoms with Gasteiger partial charge in [-0.3, -0.25) is 4.72 Å². The second-order valence-electron chi connectivity index (χ2n) is 6.13. The standard InChI is InChI=1S/C19H18ClN3O2S/c1-12-4-7-15(8-5-12)17-18(20)21-11-22-19(17)23-26(24,25)16-9-6-13(2)10-14(16)3/h4-11H,1-3H3,(H,21,22,23). The van der Waals surface area contributed by atoms with E-state index in [1.165, 1.54) is 6.33 Å². The van der Waals surface area contributed by atoms with Crippen molar-refractivity contribution in [2.45, 2.75) is 25.7 Å². The van der Waals surface area contributed by atoms with E-state index < -0.39 is 10.0 Å². The van der Waals surface area contributed by atoms with E-state index in [2.05, 4.69) is 14.7 Å². The van der Waals surface area contributed by atoms with Crippen LogP contribution >= 0.6 is 11.6 Å². The molecule has 7 heteroatoms. The summed E-state index contributed by atoms with van der Waals surface area (Å²) in [5, 5.41) is 0.183. The lowest BCUT2D eigenvalue weighted by molar-refractivity contribution is 0.600. The Hall–Kier alpha value is -2.44. The van der Waals surface area contributed by atoms with Crippen molar-refractivity contribution in [2.24, 2.45) is 0 Å². The molecular formula is C19H18ClN3O2S. The highest BCUT2D eigenvalue weighted by Crippen LogP contribution is 2.33. The Morgan fingerprint density at radius 3 is 2.23 bits per heavy atom. The smallest absolute Gasteiger partial charge is 0.263 e. The molecule has 1 aromatic heterocycles. The Morgan fingerprint density at radius 1 is 0.923 bits per heavy atom. The molecule has 5 nitrogen and oxygen atoms in total. The van der Waals surface area contributed by atoms with Crippen LogP contribution in [0.2, 0.25) is 5.15 Å². The lowest BCUT2D eigenvalue weighted by Crippen LogP contribution is -2.16. The van der Waals surface area contributed by atoms with Gasteiger partial charge in [0.15, 0.2) is 5.82 Å². The summed E-state index contributed by atoms with van der Waals surface area (Å²) in [5.41, 5.74) is 3.92. The number of hydrogen-bond donors (Lipinski definition) is 1. The third-order valence-corrected chi connectivity index (χ3v) is 5.78. The average molecular weight is 388 g/mol. The molecule has 26 heavy (non-hydrogen) atoms. The lowest BCUT2D eigenvalue weighted by atomic mass is 10.1. The number of rotatable bonds is 4. The highest BCUT2D eigenvalue weighted by atomic mass is 35.5. The Bertz CT molecular complexity index is 1060. The molecule has 0 amide bonds. The van der Waals surface area contributed by atoms with Gasteiger partial charge in [0.05, 0.1) is 10.5 Å². The largest absolute Gasteiger partial charge is 0.263 e. The molecule has 0 aliphatic rings. The predicted octanol–water partition coefficient (Wildman–Crippen LogP) is 4.52. The Kier molecular flexibility index (Phi) is 4.98. The molecule has 3 rings (SSSR count). The summed E-state index contributed by atoms with van der Waals surface area (Å²) in [7, 11) is -3.82. The van der Waals surface area contributed by atoms with Crippen molar-refractivity contribution in [3.05, 3.63) is 70.6 Å². The second-order valence-corrected chi connectivity index (χ2v) is 8.14. The van der Waals surface area contributed by atoms with Crippen molar-refractivity contribution in [3.8, 4) is 11.1 Å². The summed E-state index contributed by atoms with van der Waals surface area (Å²) < 4.78 is 28.3. The number of nitrogens with one attached hydrogen (secondary N) is 1. The highest BCUT2D eigenvalue weighted by molar-refractivity contribution is 7.92. The number of aryl methyl sites for hydroxylation is 3. The van der Waals surface area contributed by atoms with Crippen LogP contribution in [0, 0.1) is 20.8 Å². The molecule has 1 heterocycles. The summed E-state index contributed by atoms with van der Waals surface area (Å²) in [6.07, 6.45) is 1.24. The molecule has 134 valence electrons. The minimum absolute atomic E-state index is 0.147. The molecule has 0 unspecified atom stereocenters. The van der Waals surface area contributed by atoms with Crippen LogP contribution in [0.1, 0.15) is 16.7 Å². The summed E-state index contributed by atoms with van der Waals surface area (Å²) >= 11 is 6.24. The van der Waals surface area contributed by atoms with Gasteiger partial charge in [0.1, 0.15) is 11.5 Å². The molecule has 0 fully saturated rings. The van der Waals surface area contributed by atoms with E-state index in [4.69, 9.17) is 11.6 Å². The van der Waals surface area contributed by atoms with Gasteiger partial charge in [-0.15, -0.1) is 0 Å². The van der Waals surface area contributed by atoms with Crippen LogP contribution in [-0.4, -0.2) is 18.4 Å². The molecule has 0 saturated carbocycles. The van der Waals surface area contributed by atoms with Crippen molar-refractivity contribution >= 4 is 27.4 Å². The van der Waals surface area contributed by atoms with E-state index in [1.807, 2.05) is 44.2 Å². The van der Waals surface area contributed by atoms with Gasteiger partial charge in [-0.2, -0.15) is 0 Å². The third-order valence-electron chi connectivity index (χ3n) is 3.99. The topological polar surface area (TPSA) is 72.0 Å². The van der Waals surface area contributed by atoms with Crippen molar-refractivity contribution in [1.29, 1.82) is 0 Å². The molecule has 0 aliphatic heterocycles. The second kappa shape index (κ2) is 7.05. The number of nitrogens with zero attached hydrogens (tertiary/aromatic N) is 2. The van der Waals surface area contributed by atoms with Gasteiger partial charge < -0.3 is 0 Å². The molecule has 0 saturated heterocycles. The summed E-state index contributed by atoms with van der Waals surface area (Å²) in [6.45, 7) is 5.64. The third kappa shape index (κ3) is 3.71. The Balaban J connectivity index is 2.08. The molecule has 0 aliphatic carbocycles. The number of anilines is 1. The van der Waals surface area contributed by atoms with Gasteiger partial charge in [0.2, 0.25) is 0 Å². The van der Waals surface area contributed by atoms with Crippen LogP contribution in [0.3, 0.4) is 0 Å². The van der Waals surface area contributed by atoms with Crippen LogP contribution in [0.15, 0.2) is 53.7 Å². The molecule has 1 N–H and O–H groups in total. The monoisotopic (exact) mass is 387 g/mol. The average Bonchev–Trinajstić information content (AvgIpc) is 2.55. The number of hydrogen-bond acceptors (Lipinski definition) is 4. The van der Waals surface area contributed by atoms with Gasteiger partial charge in [-0.05, 0) is 38.0 Å². The van der Waals surface area contributed by atoms with E-state index in [9.17, 15) is 8.42 Å². The maximum Gasteiger partial charge on any atom is 0.263 e. The van der Waals surface area contributed by atoms with Crippen LogP contribution in [-0.2, 0) is 10.0 Å². The van der Waals surface area contributed by atoms with E-state index in [0.29, 0.717) is 11.1 Å². The van der Waals surface area contributed by atoms with E-state index in [-0.39, 0.29) is 15.9 Å². The lowest BCUT2D eigenvalue weighted by Gasteiger charge is -2.14. The first-order chi connectivity index (χ1) is 12.3. The Labute approximate surface area is 158 Å². The van der Waals surface area contributed by atoms with Crippen LogP contribution < -0.4 is 4.72 Å². The van der Waals surface area contributed by atoms with Crippen molar-refractivity contribution in [1.82, 2.24) is 9.97 Å². The molecule has 0 bridgehead atoms. The normalized spacial score (nSPS) is 11.4. The highest BCUT2D eigenvalue weighted by Gasteiger charge is 2.21. The van der Waals surface area contributed by atoms with Gasteiger partial charge in [0, 0.05) is 0 Å². The van der Waals surface area contributed by atoms with Crippen molar-refractivity contribution < 1.29 is 8.42 Å². The van der Waals surface area contributed by atoms with Crippen LogP contribution in [0.4, 0.5) is 5.82 Å². The van der Waals surface area contributed by atoms with Crippen molar-refractivity contribution in [2.75, 3.05) is 4.72 Å². The van der Waals surface area contributed by atoms with Gasteiger partial charge in [-0.1, -0.05) is 59.1 Å². The van der Waals surface area contributed by atoms with Gasteiger partial charge >= 0.3 is 0 Å². The SMILES string of the molecule is Cc1ccc(-c2c(Cl)ncnc2NS(=O)(=O)c2ccc(C)cc2C)cc1. The fourth-order valence-electron chi connectivity index (χ4n) is 2.70. The zero-order valence-electron chi connectivity index (χ0n) is 14.6. The van der Waals surface area contributed by atoms with E-state index in [1.54, 1.807) is 19.1 Å². The van der Waals surface area contributed by atoms with Crippen LogP contribution in [0.5, 0.6) is 0 Å². The fourth-order valence-corrected chi connectivity index (χ4v) is 4.19. The molecule has 0 spiro atoms. The molecule has 3 aromatic rings. The number of aromatic nitrogens is 2. The summed E-state index contributed by atoms with van der Waals surface area (Å²) in [5.74, 6) is 0.147. The van der Waals surface area contributed by atoms with Gasteiger partial charge in [-0.25, -0.2) is 18.4 Å². The molecule has 2 aromatic carbocycles. The van der Waals surface area contributed by atoms with Gasteiger partial charge in [0.25, 0.3) is 10.0 Å². The first kappa shape index (κ1) is 18.4.